The van der Waals surface area contributed by atoms with E-state index in [9.17, 15) is 4.79 Å². The van der Waals surface area contributed by atoms with E-state index in [0.717, 1.165) is 57.1 Å². The van der Waals surface area contributed by atoms with Crippen LogP contribution in [0.4, 0.5) is 10.6 Å². The second-order valence-corrected chi connectivity index (χ2v) is 8.22. The SMILES string of the molecule is COc1ccc2c(c1)C1(CC1)CN(C(=O)Nc1ccnn1CC1CCOC1)C2. The summed E-state index contributed by atoms with van der Waals surface area (Å²) in [6.45, 7) is 3.73. The third-order valence-corrected chi connectivity index (χ3v) is 6.29. The minimum atomic E-state index is -0.0582. The Hall–Kier alpha value is -2.54. The fraction of sp³-hybridized carbons (Fsp3) is 0.524. The van der Waals surface area contributed by atoms with Gasteiger partial charge in [0.1, 0.15) is 11.6 Å². The van der Waals surface area contributed by atoms with E-state index in [1.54, 1.807) is 13.3 Å². The van der Waals surface area contributed by atoms with Gasteiger partial charge in [-0.3, -0.25) is 5.32 Å². The first-order chi connectivity index (χ1) is 13.7. The summed E-state index contributed by atoms with van der Waals surface area (Å²) in [5.41, 5.74) is 2.67. The highest BCUT2D eigenvalue weighted by molar-refractivity contribution is 5.88. The topological polar surface area (TPSA) is 68.6 Å². The molecule has 1 spiro atoms. The molecule has 1 aromatic heterocycles. The Balaban J connectivity index is 1.31. The number of nitrogens with one attached hydrogen (secondary N) is 1. The number of methoxy groups -OCH3 is 1. The summed E-state index contributed by atoms with van der Waals surface area (Å²) in [5.74, 6) is 2.10. The number of carbonyl (C=O) groups is 1. The zero-order valence-electron chi connectivity index (χ0n) is 16.2. The van der Waals surface area contributed by atoms with Crippen molar-refractivity contribution in [3.63, 3.8) is 0 Å². The second kappa shape index (κ2) is 6.81. The van der Waals surface area contributed by atoms with E-state index in [2.05, 4.69) is 22.5 Å². The molecule has 1 atom stereocenters. The number of urea groups is 1. The van der Waals surface area contributed by atoms with Crippen molar-refractivity contribution in [2.75, 3.05) is 32.2 Å². The first kappa shape index (κ1) is 17.6. The van der Waals surface area contributed by atoms with Gasteiger partial charge in [0.05, 0.1) is 19.9 Å². The van der Waals surface area contributed by atoms with Gasteiger partial charge >= 0.3 is 6.03 Å². The molecule has 28 heavy (non-hydrogen) atoms. The van der Waals surface area contributed by atoms with E-state index in [4.69, 9.17) is 9.47 Å². The van der Waals surface area contributed by atoms with Gasteiger partial charge in [-0.2, -0.15) is 5.10 Å². The molecular weight excluding hydrogens is 356 g/mol. The van der Waals surface area contributed by atoms with Gasteiger partial charge in [-0.25, -0.2) is 9.48 Å². The number of hydrogen-bond acceptors (Lipinski definition) is 4. The van der Waals surface area contributed by atoms with Crippen molar-refractivity contribution in [1.82, 2.24) is 14.7 Å². The summed E-state index contributed by atoms with van der Waals surface area (Å²) in [6.07, 6.45) is 5.03. The van der Waals surface area contributed by atoms with Gasteiger partial charge in [0.2, 0.25) is 0 Å². The molecule has 0 bridgehead atoms. The molecule has 7 nitrogen and oxygen atoms in total. The minimum absolute atomic E-state index is 0.0582. The van der Waals surface area contributed by atoms with Crippen LogP contribution in [0.3, 0.4) is 0 Å². The Morgan fingerprint density at radius 1 is 1.39 bits per heavy atom. The van der Waals surface area contributed by atoms with Crippen molar-refractivity contribution in [2.45, 2.75) is 37.8 Å². The Kier molecular flexibility index (Phi) is 4.27. The molecule has 3 heterocycles. The summed E-state index contributed by atoms with van der Waals surface area (Å²) < 4.78 is 12.7. The van der Waals surface area contributed by atoms with Crippen LogP contribution in [0.1, 0.15) is 30.4 Å². The molecule has 1 saturated carbocycles. The number of aromatic nitrogens is 2. The number of nitrogens with zero attached hydrogens (tertiary/aromatic N) is 3. The van der Waals surface area contributed by atoms with Gasteiger partial charge in [-0.05, 0) is 42.5 Å². The molecule has 3 aliphatic rings. The monoisotopic (exact) mass is 382 g/mol. The number of rotatable bonds is 4. The Bertz CT molecular complexity index is 884. The van der Waals surface area contributed by atoms with Crippen LogP contribution in [0.25, 0.3) is 0 Å². The Morgan fingerprint density at radius 3 is 3.04 bits per heavy atom. The highest BCUT2D eigenvalue weighted by atomic mass is 16.5. The van der Waals surface area contributed by atoms with Crippen LogP contribution in [0.2, 0.25) is 0 Å². The smallest absolute Gasteiger partial charge is 0.323 e. The second-order valence-electron chi connectivity index (χ2n) is 8.22. The Labute approximate surface area is 164 Å². The number of amides is 2. The molecule has 2 aliphatic heterocycles. The average molecular weight is 382 g/mol. The predicted octanol–water partition coefficient (Wildman–Crippen LogP) is 3.01. The van der Waals surface area contributed by atoms with E-state index in [1.165, 1.54) is 11.1 Å². The van der Waals surface area contributed by atoms with Crippen molar-refractivity contribution in [3.8, 4) is 5.75 Å². The summed E-state index contributed by atoms with van der Waals surface area (Å²) in [6, 6.07) is 8.03. The maximum atomic E-state index is 13.0. The molecule has 1 N–H and O–H groups in total. The van der Waals surface area contributed by atoms with E-state index in [1.807, 2.05) is 21.7 Å². The maximum absolute atomic E-state index is 13.0. The maximum Gasteiger partial charge on any atom is 0.323 e. The summed E-state index contributed by atoms with van der Waals surface area (Å²) in [4.78, 5) is 15.0. The number of carbonyl (C=O) groups excluding carboxylic acids is 1. The van der Waals surface area contributed by atoms with Gasteiger partial charge in [-0.1, -0.05) is 6.07 Å². The molecule has 1 aromatic carbocycles. The van der Waals surface area contributed by atoms with Gasteiger partial charge in [0.15, 0.2) is 0 Å². The highest BCUT2D eigenvalue weighted by Gasteiger charge is 2.50. The molecule has 0 radical (unpaired) electrons. The molecule has 7 heteroatoms. The zero-order chi connectivity index (χ0) is 19.1. The molecule has 5 rings (SSSR count). The van der Waals surface area contributed by atoms with Crippen molar-refractivity contribution < 1.29 is 14.3 Å². The van der Waals surface area contributed by atoms with Gasteiger partial charge < -0.3 is 14.4 Å². The number of hydrogen-bond donors (Lipinski definition) is 1. The van der Waals surface area contributed by atoms with Crippen molar-refractivity contribution >= 4 is 11.8 Å². The molecule has 1 unspecified atom stereocenters. The lowest BCUT2D eigenvalue weighted by Crippen LogP contribution is -2.44. The predicted molar refractivity (Wildman–Crippen MR) is 104 cm³/mol. The van der Waals surface area contributed by atoms with Crippen LogP contribution < -0.4 is 10.1 Å². The molecule has 148 valence electrons. The Morgan fingerprint density at radius 2 is 2.29 bits per heavy atom. The number of benzene rings is 1. The third kappa shape index (κ3) is 3.13. The molecule has 2 aromatic rings. The number of ether oxygens (including phenoxy) is 2. The van der Waals surface area contributed by atoms with Gasteiger partial charge in [-0.15, -0.1) is 0 Å². The largest absolute Gasteiger partial charge is 0.497 e. The minimum Gasteiger partial charge on any atom is -0.497 e. The van der Waals surface area contributed by atoms with Crippen LogP contribution >= 0.6 is 0 Å². The molecule has 1 saturated heterocycles. The van der Waals surface area contributed by atoms with Crippen molar-refractivity contribution in [1.29, 1.82) is 0 Å². The zero-order valence-corrected chi connectivity index (χ0v) is 16.2. The van der Waals surface area contributed by atoms with Gasteiger partial charge in [0.25, 0.3) is 0 Å². The lowest BCUT2D eigenvalue weighted by Gasteiger charge is -2.35. The highest BCUT2D eigenvalue weighted by Crippen LogP contribution is 2.53. The standard InChI is InChI=1S/C21H26N4O3/c1-27-17-3-2-16-12-24(14-21(6-7-21)18(16)10-17)20(26)23-19-4-8-22-25(19)11-15-5-9-28-13-15/h2-4,8,10,15H,5-7,9,11-14H2,1H3,(H,23,26). The van der Waals surface area contributed by atoms with Crippen LogP contribution in [0.5, 0.6) is 5.75 Å². The van der Waals surface area contributed by atoms with E-state index in [-0.39, 0.29) is 11.4 Å². The van der Waals surface area contributed by atoms with Crippen LogP contribution in [0.15, 0.2) is 30.5 Å². The molecule has 2 amide bonds. The van der Waals surface area contributed by atoms with Crippen molar-refractivity contribution in [3.05, 3.63) is 41.6 Å². The van der Waals surface area contributed by atoms with Crippen molar-refractivity contribution in [2.24, 2.45) is 5.92 Å². The van der Waals surface area contributed by atoms with Crippen LogP contribution in [-0.2, 0) is 23.2 Å². The number of anilines is 1. The third-order valence-electron chi connectivity index (χ3n) is 6.29. The first-order valence-electron chi connectivity index (χ1n) is 10.00. The quantitative estimate of drug-likeness (QED) is 0.883. The summed E-state index contributed by atoms with van der Waals surface area (Å²) in [5, 5.41) is 7.46. The number of fused-ring (bicyclic) bond motifs is 2. The van der Waals surface area contributed by atoms with E-state index >= 15 is 0 Å². The van der Waals surface area contributed by atoms with E-state index in [0.29, 0.717) is 12.5 Å². The lowest BCUT2D eigenvalue weighted by molar-refractivity contribution is 0.181. The first-order valence-corrected chi connectivity index (χ1v) is 10.00. The lowest BCUT2D eigenvalue weighted by atomic mass is 9.87. The molecular formula is C21H26N4O3. The fourth-order valence-electron chi connectivity index (χ4n) is 4.49. The van der Waals surface area contributed by atoms with Crippen LogP contribution in [0, 0.1) is 5.92 Å². The van der Waals surface area contributed by atoms with Gasteiger partial charge in [0, 0.05) is 43.6 Å². The molecule has 2 fully saturated rings. The summed E-state index contributed by atoms with van der Waals surface area (Å²) >= 11 is 0. The van der Waals surface area contributed by atoms with E-state index < -0.39 is 0 Å². The normalized spacial score (nSPS) is 22.2. The average Bonchev–Trinajstić information content (AvgIpc) is 3.08. The summed E-state index contributed by atoms with van der Waals surface area (Å²) in [7, 11) is 1.70. The van der Waals surface area contributed by atoms with Crippen LogP contribution in [-0.4, -0.2) is 47.6 Å². The fourth-order valence-corrected chi connectivity index (χ4v) is 4.49. The molecule has 1 aliphatic carbocycles.